The minimum Gasteiger partial charge on any atom is -0.258 e. The van der Waals surface area contributed by atoms with Crippen molar-refractivity contribution in [1.82, 2.24) is 4.83 Å². The molecule has 0 atom stereocenters. The molecule has 0 heterocycles. The maximum Gasteiger partial charge on any atom is 0.289 e. The van der Waals surface area contributed by atoms with Gasteiger partial charge in [0.05, 0.1) is 27.7 Å². The van der Waals surface area contributed by atoms with Crippen LogP contribution in [-0.4, -0.2) is 19.6 Å². The SMILES string of the molecule is N#Cc1ccc(/C=N\NS(=O)(=O)c2ccc(Cl)c([N+](=O)[O-])c2)cc1. The maximum atomic E-state index is 12.1. The van der Waals surface area contributed by atoms with Crippen LogP contribution in [0.5, 0.6) is 0 Å². The topological polar surface area (TPSA) is 125 Å². The van der Waals surface area contributed by atoms with Crippen LogP contribution in [0.3, 0.4) is 0 Å². The molecule has 2 rings (SSSR count). The number of nitriles is 1. The highest BCUT2D eigenvalue weighted by Crippen LogP contribution is 2.26. The van der Waals surface area contributed by atoms with Crippen LogP contribution in [0, 0.1) is 21.4 Å². The molecule has 2 aromatic carbocycles. The van der Waals surface area contributed by atoms with E-state index in [2.05, 4.69) is 5.10 Å². The number of hydrogen-bond donors (Lipinski definition) is 1. The average Bonchev–Trinajstić information content (AvgIpc) is 2.55. The van der Waals surface area contributed by atoms with E-state index in [4.69, 9.17) is 16.9 Å². The Morgan fingerprint density at radius 1 is 1.25 bits per heavy atom. The highest BCUT2D eigenvalue weighted by molar-refractivity contribution is 7.89. The standard InChI is InChI=1S/C14H9ClN4O4S/c15-13-6-5-12(7-14(13)19(20)21)24(22,23)18-17-9-11-3-1-10(8-16)2-4-11/h1-7,9,18H/b17-9-. The fourth-order valence-corrected chi connectivity index (χ4v) is 2.66. The first-order valence-corrected chi connectivity index (χ1v) is 8.18. The summed E-state index contributed by atoms with van der Waals surface area (Å²) in [6.45, 7) is 0. The zero-order valence-corrected chi connectivity index (χ0v) is 13.5. The second-order valence-electron chi connectivity index (χ2n) is 4.46. The lowest BCUT2D eigenvalue weighted by Gasteiger charge is -2.04. The number of benzene rings is 2. The first-order valence-electron chi connectivity index (χ1n) is 6.32. The third kappa shape index (κ3) is 4.07. The Labute approximate surface area is 142 Å². The van der Waals surface area contributed by atoms with Gasteiger partial charge in [0.1, 0.15) is 5.02 Å². The number of hydrogen-bond acceptors (Lipinski definition) is 6. The molecule has 0 aliphatic carbocycles. The molecular formula is C14H9ClN4O4S. The largest absolute Gasteiger partial charge is 0.289 e. The van der Waals surface area contributed by atoms with Gasteiger partial charge in [-0.3, -0.25) is 10.1 Å². The van der Waals surface area contributed by atoms with Gasteiger partial charge in [-0.1, -0.05) is 23.7 Å². The van der Waals surface area contributed by atoms with Crippen molar-refractivity contribution in [1.29, 1.82) is 5.26 Å². The molecule has 0 bridgehead atoms. The van der Waals surface area contributed by atoms with Crippen molar-refractivity contribution in [3.63, 3.8) is 0 Å². The molecule has 0 aliphatic heterocycles. The van der Waals surface area contributed by atoms with Gasteiger partial charge >= 0.3 is 0 Å². The molecule has 0 saturated carbocycles. The van der Waals surface area contributed by atoms with Gasteiger partial charge in [-0.05, 0) is 29.8 Å². The molecule has 1 N–H and O–H groups in total. The Morgan fingerprint density at radius 2 is 1.92 bits per heavy atom. The molecule has 0 saturated heterocycles. The number of nitrogens with one attached hydrogen (secondary N) is 1. The number of nitro benzene ring substituents is 1. The van der Waals surface area contributed by atoms with Crippen LogP contribution in [0.2, 0.25) is 5.02 Å². The van der Waals surface area contributed by atoms with Crippen LogP contribution in [-0.2, 0) is 10.0 Å². The first kappa shape index (κ1) is 17.4. The molecule has 0 unspecified atom stereocenters. The Bertz CT molecular complexity index is 950. The van der Waals surface area contributed by atoms with Gasteiger partial charge in [0.2, 0.25) is 0 Å². The number of hydrazone groups is 1. The minimum atomic E-state index is -4.08. The summed E-state index contributed by atoms with van der Waals surface area (Å²) in [6.07, 6.45) is 1.24. The van der Waals surface area contributed by atoms with Gasteiger partial charge in [0.25, 0.3) is 15.7 Å². The van der Waals surface area contributed by atoms with E-state index in [0.29, 0.717) is 11.1 Å². The van der Waals surface area contributed by atoms with Gasteiger partial charge in [0.15, 0.2) is 0 Å². The van der Waals surface area contributed by atoms with E-state index < -0.39 is 20.6 Å². The summed E-state index contributed by atoms with van der Waals surface area (Å²) in [5.41, 5.74) is 0.510. The molecule has 2 aromatic rings. The average molecular weight is 365 g/mol. The van der Waals surface area contributed by atoms with Crippen molar-refractivity contribution in [3.8, 4) is 6.07 Å². The maximum absolute atomic E-state index is 12.1. The third-order valence-electron chi connectivity index (χ3n) is 2.85. The molecule has 122 valence electrons. The van der Waals surface area contributed by atoms with Crippen LogP contribution in [0.4, 0.5) is 5.69 Å². The number of rotatable bonds is 5. The van der Waals surface area contributed by atoms with E-state index in [1.54, 1.807) is 24.3 Å². The van der Waals surface area contributed by atoms with Crippen LogP contribution in [0.25, 0.3) is 0 Å². The normalized spacial score (nSPS) is 11.2. The molecule has 24 heavy (non-hydrogen) atoms. The Kier molecular flexibility index (Phi) is 5.13. The van der Waals surface area contributed by atoms with Gasteiger partial charge in [0, 0.05) is 6.07 Å². The Hall–Kier alpha value is -2.96. The van der Waals surface area contributed by atoms with Gasteiger partial charge < -0.3 is 0 Å². The van der Waals surface area contributed by atoms with Crippen LogP contribution in [0.1, 0.15) is 11.1 Å². The summed E-state index contributed by atoms with van der Waals surface area (Å²) >= 11 is 5.64. The quantitative estimate of drug-likeness (QED) is 0.495. The van der Waals surface area contributed by atoms with Crippen LogP contribution < -0.4 is 4.83 Å². The molecule has 0 aromatic heterocycles. The van der Waals surface area contributed by atoms with E-state index in [-0.39, 0.29) is 9.92 Å². The van der Waals surface area contributed by atoms with E-state index in [1.807, 2.05) is 10.9 Å². The predicted molar refractivity (Wildman–Crippen MR) is 87.2 cm³/mol. The number of halogens is 1. The summed E-state index contributed by atoms with van der Waals surface area (Å²) in [5.74, 6) is 0. The predicted octanol–water partition coefficient (Wildman–Crippen LogP) is 2.43. The monoisotopic (exact) mass is 364 g/mol. The minimum absolute atomic E-state index is 0.167. The highest BCUT2D eigenvalue weighted by atomic mass is 35.5. The summed E-state index contributed by atoms with van der Waals surface area (Å²) in [6, 6.07) is 11.3. The van der Waals surface area contributed by atoms with Crippen molar-refractivity contribution in [2.45, 2.75) is 4.90 Å². The lowest BCUT2D eigenvalue weighted by atomic mass is 10.2. The second kappa shape index (κ2) is 7.08. The van der Waals surface area contributed by atoms with Gasteiger partial charge in [-0.25, -0.2) is 4.83 Å². The van der Waals surface area contributed by atoms with Crippen molar-refractivity contribution in [2.24, 2.45) is 5.10 Å². The van der Waals surface area contributed by atoms with E-state index in [9.17, 15) is 18.5 Å². The Balaban J connectivity index is 2.19. The fraction of sp³-hybridized carbons (Fsp3) is 0. The van der Waals surface area contributed by atoms with E-state index in [1.165, 1.54) is 6.21 Å². The van der Waals surface area contributed by atoms with Crippen molar-refractivity contribution in [3.05, 3.63) is 68.7 Å². The van der Waals surface area contributed by atoms with Crippen molar-refractivity contribution < 1.29 is 13.3 Å². The van der Waals surface area contributed by atoms with Crippen LogP contribution in [0.15, 0.2) is 52.5 Å². The van der Waals surface area contributed by atoms with E-state index in [0.717, 1.165) is 18.2 Å². The zero-order valence-electron chi connectivity index (χ0n) is 11.9. The molecule has 8 nitrogen and oxygen atoms in total. The Morgan fingerprint density at radius 3 is 2.50 bits per heavy atom. The molecule has 10 heteroatoms. The fourth-order valence-electron chi connectivity index (χ4n) is 1.67. The summed E-state index contributed by atoms with van der Waals surface area (Å²) in [5, 5.41) is 22.9. The molecular weight excluding hydrogens is 356 g/mol. The highest BCUT2D eigenvalue weighted by Gasteiger charge is 2.20. The lowest BCUT2D eigenvalue weighted by Crippen LogP contribution is -2.18. The molecule has 0 spiro atoms. The zero-order chi connectivity index (χ0) is 17.7. The number of nitrogens with zero attached hydrogens (tertiary/aromatic N) is 3. The van der Waals surface area contributed by atoms with Gasteiger partial charge in [-0.15, -0.1) is 0 Å². The number of sulfonamides is 1. The van der Waals surface area contributed by atoms with E-state index >= 15 is 0 Å². The molecule has 0 fully saturated rings. The second-order valence-corrected chi connectivity index (χ2v) is 6.53. The first-order chi connectivity index (χ1) is 11.3. The lowest BCUT2D eigenvalue weighted by molar-refractivity contribution is -0.384. The molecule has 0 aliphatic rings. The third-order valence-corrected chi connectivity index (χ3v) is 4.39. The molecule has 0 amide bonds. The molecule has 0 radical (unpaired) electrons. The van der Waals surface area contributed by atoms with Crippen molar-refractivity contribution in [2.75, 3.05) is 0 Å². The van der Waals surface area contributed by atoms with Gasteiger partial charge in [-0.2, -0.15) is 18.8 Å². The van der Waals surface area contributed by atoms with Crippen LogP contribution >= 0.6 is 11.6 Å². The van der Waals surface area contributed by atoms with Crippen molar-refractivity contribution >= 4 is 33.5 Å². The summed E-state index contributed by atoms with van der Waals surface area (Å²) in [7, 11) is -4.08. The summed E-state index contributed by atoms with van der Waals surface area (Å²) in [4.78, 5) is 11.6. The number of nitro groups is 1. The summed E-state index contributed by atoms with van der Waals surface area (Å²) < 4.78 is 24.2. The smallest absolute Gasteiger partial charge is 0.258 e.